The fourth-order valence-electron chi connectivity index (χ4n) is 2.28. The quantitative estimate of drug-likeness (QED) is 0.882. The van der Waals surface area contributed by atoms with Gasteiger partial charge in [-0.05, 0) is 18.9 Å². The van der Waals surface area contributed by atoms with Crippen molar-refractivity contribution in [3.8, 4) is 0 Å². The minimum absolute atomic E-state index is 0.0653. The van der Waals surface area contributed by atoms with Gasteiger partial charge in [-0.3, -0.25) is 5.32 Å². The SMILES string of the molecule is O=C(Nc1nncs1)NC1CCCN(c2ncccn2)C1. The topological polar surface area (TPSA) is 95.9 Å². The molecule has 1 atom stereocenters. The molecule has 0 saturated carbocycles. The number of carbonyl (C=O) groups excluding carboxylic acids is 1. The number of aromatic nitrogens is 4. The molecule has 0 aromatic carbocycles. The highest BCUT2D eigenvalue weighted by atomic mass is 32.1. The molecule has 0 bridgehead atoms. The molecule has 3 rings (SSSR count). The van der Waals surface area contributed by atoms with Crippen molar-refractivity contribution in [3.63, 3.8) is 0 Å². The average Bonchev–Trinajstić information content (AvgIpc) is 3.01. The molecular formula is C12H15N7OS. The van der Waals surface area contributed by atoms with E-state index >= 15 is 0 Å². The molecule has 1 saturated heterocycles. The zero-order chi connectivity index (χ0) is 14.5. The fourth-order valence-corrected chi connectivity index (χ4v) is 2.72. The summed E-state index contributed by atoms with van der Waals surface area (Å²) in [6, 6.07) is 1.60. The lowest BCUT2D eigenvalue weighted by Gasteiger charge is -2.32. The van der Waals surface area contributed by atoms with Gasteiger partial charge in [0.15, 0.2) is 0 Å². The van der Waals surface area contributed by atoms with Crippen LogP contribution in [0, 0.1) is 0 Å². The average molecular weight is 305 g/mol. The van der Waals surface area contributed by atoms with Gasteiger partial charge >= 0.3 is 6.03 Å². The van der Waals surface area contributed by atoms with Crippen LogP contribution in [0.5, 0.6) is 0 Å². The van der Waals surface area contributed by atoms with Gasteiger partial charge in [-0.1, -0.05) is 11.3 Å². The van der Waals surface area contributed by atoms with Crippen molar-refractivity contribution in [2.45, 2.75) is 18.9 Å². The normalized spacial score (nSPS) is 18.3. The smallest absolute Gasteiger partial charge is 0.321 e. The van der Waals surface area contributed by atoms with Gasteiger partial charge < -0.3 is 10.2 Å². The van der Waals surface area contributed by atoms with E-state index < -0.39 is 0 Å². The van der Waals surface area contributed by atoms with Gasteiger partial charge in [0.1, 0.15) is 5.51 Å². The summed E-state index contributed by atoms with van der Waals surface area (Å²) in [6.45, 7) is 1.60. The Bertz CT molecular complexity index is 577. The lowest BCUT2D eigenvalue weighted by molar-refractivity contribution is 0.246. The van der Waals surface area contributed by atoms with Crippen LogP contribution in [0.1, 0.15) is 12.8 Å². The number of hydrogen-bond donors (Lipinski definition) is 2. The van der Waals surface area contributed by atoms with Gasteiger partial charge in [0.25, 0.3) is 0 Å². The summed E-state index contributed by atoms with van der Waals surface area (Å²) >= 11 is 1.29. The van der Waals surface area contributed by atoms with Crippen LogP contribution in [0.25, 0.3) is 0 Å². The summed E-state index contributed by atoms with van der Waals surface area (Å²) < 4.78 is 0. The Morgan fingerprint density at radius 3 is 3.00 bits per heavy atom. The third kappa shape index (κ3) is 3.63. The predicted molar refractivity (Wildman–Crippen MR) is 79.3 cm³/mol. The number of carbonyl (C=O) groups is 1. The Labute approximate surface area is 125 Å². The van der Waals surface area contributed by atoms with E-state index in [0.717, 1.165) is 19.4 Å². The number of nitrogens with zero attached hydrogens (tertiary/aromatic N) is 5. The second kappa shape index (κ2) is 6.44. The molecule has 0 spiro atoms. The Hall–Kier alpha value is -2.29. The van der Waals surface area contributed by atoms with Crippen molar-refractivity contribution in [3.05, 3.63) is 24.0 Å². The maximum atomic E-state index is 11.9. The highest BCUT2D eigenvalue weighted by Crippen LogP contribution is 2.15. The Morgan fingerprint density at radius 2 is 2.24 bits per heavy atom. The first-order chi connectivity index (χ1) is 10.3. The molecule has 1 fully saturated rings. The van der Waals surface area contributed by atoms with E-state index in [4.69, 9.17) is 0 Å². The summed E-state index contributed by atoms with van der Waals surface area (Å²) in [6.07, 6.45) is 5.37. The molecular weight excluding hydrogens is 290 g/mol. The van der Waals surface area contributed by atoms with E-state index in [1.807, 2.05) is 0 Å². The third-order valence-electron chi connectivity index (χ3n) is 3.17. The molecule has 0 radical (unpaired) electrons. The number of amides is 2. The van der Waals surface area contributed by atoms with Gasteiger partial charge in [0.05, 0.1) is 0 Å². The van der Waals surface area contributed by atoms with Crippen LogP contribution < -0.4 is 15.5 Å². The molecule has 0 aliphatic carbocycles. The minimum Gasteiger partial charge on any atom is -0.339 e. The second-order valence-electron chi connectivity index (χ2n) is 4.68. The van der Waals surface area contributed by atoms with Gasteiger partial charge in [-0.2, -0.15) is 0 Å². The zero-order valence-corrected chi connectivity index (χ0v) is 12.1. The summed E-state index contributed by atoms with van der Waals surface area (Å²) in [7, 11) is 0. The van der Waals surface area contributed by atoms with Gasteiger partial charge in [-0.25, -0.2) is 14.8 Å². The van der Waals surface area contributed by atoms with E-state index in [1.54, 1.807) is 24.0 Å². The first-order valence-electron chi connectivity index (χ1n) is 6.67. The first-order valence-corrected chi connectivity index (χ1v) is 7.55. The van der Waals surface area contributed by atoms with Gasteiger partial charge in [0.2, 0.25) is 11.1 Å². The van der Waals surface area contributed by atoms with Crippen LogP contribution in [-0.4, -0.2) is 45.3 Å². The number of anilines is 2. The van der Waals surface area contributed by atoms with Crippen molar-refractivity contribution in [1.82, 2.24) is 25.5 Å². The van der Waals surface area contributed by atoms with Crippen molar-refractivity contribution < 1.29 is 4.79 Å². The largest absolute Gasteiger partial charge is 0.339 e. The molecule has 2 amide bonds. The number of rotatable bonds is 3. The highest BCUT2D eigenvalue weighted by molar-refractivity contribution is 7.13. The molecule has 110 valence electrons. The number of hydrogen-bond acceptors (Lipinski definition) is 7. The fraction of sp³-hybridized carbons (Fsp3) is 0.417. The molecule has 9 heteroatoms. The highest BCUT2D eigenvalue weighted by Gasteiger charge is 2.23. The summed E-state index contributed by atoms with van der Waals surface area (Å²) in [4.78, 5) is 22.5. The summed E-state index contributed by atoms with van der Waals surface area (Å²) in [5, 5.41) is 13.6. The Balaban J connectivity index is 1.55. The molecule has 2 N–H and O–H groups in total. The molecule has 2 aromatic heterocycles. The van der Waals surface area contributed by atoms with Crippen molar-refractivity contribution in [2.75, 3.05) is 23.3 Å². The number of nitrogens with one attached hydrogen (secondary N) is 2. The predicted octanol–water partition coefficient (Wildman–Crippen LogP) is 1.12. The zero-order valence-electron chi connectivity index (χ0n) is 11.3. The summed E-state index contributed by atoms with van der Waals surface area (Å²) in [5.41, 5.74) is 1.57. The van der Waals surface area contributed by atoms with Crippen molar-refractivity contribution in [1.29, 1.82) is 0 Å². The van der Waals surface area contributed by atoms with Crippen LogP contribution in [0.4, 0.5) is 15.9 Å². The number of piperidine rings is 1. The van der Waals surface area contributed by atoms with E-state index in [9.17, 15) is 4.79 Å². The molecule has 1 aliphatic rings. The van der Waals surface area contributed by atoms with Crippen LogP contribution in [0.15, 0.2) is 24.0 Å². The summed E-state index contributed by atoms with van der Waals surface area (Å²) in [5.74, 6) is 0.702. The molecule has 2 aromatic rings. The van der Waals surface area contributed by atoms with Crippen LogP contribution in [0.3, 0.4) is 0 Å². The lowest BCUT2D eigenvalue weighted by Crippen LogP contribution is -2.49. The van der Waals surface area contributed by atoms with Crippen molar-refractivity contribution in [2.24, 2.45) is 0 Å². The Kier molecular flexibility index (Phi) is 4.20. The number of urea groups is 1. The second-order valence-corrected chi connectivity index (χ2v) is 5.51. The van der Waals surface area contributed by atoms with Gasteiger partial charge in [-0.15, -0.1) is 10.2 Å². The molecule has 1 unspecified atom stereocenters. The van der Waals surface area contributed by atoms with Crippen LogP contribution in [-0.2, 0) is 0 Å². The lowest BCUT2D eigenvalue weighted by atomic mass is 10.1. The van der Waals surface area contributed by atoms with E-state index in [1.165, 1.54) is 11.3 Å². The minimum atomic E-state index is -0.257. The van der Waals surface area contributed by atoms with E-state index in [-0.39, 0.29) is 12.1 Å². The molecule has 21 heavy (non-hydrogen) atoms. The molecule has 1 aliphatic heterocycles. The van der Waals surface area contributed by atoms with Crippen LogP contribution >= 0.6 is 11.3 Å². The maximum Gasteiger partial charge on any atom is 0.321 e. The third-order valence-corrected chi connectivity index (χ3v) is 3.78. The van der Waals surface area contributed by atoms with E-state index in [0.29, 0.717) is 17.6 Å². The van der Waals surface area contributed by atoms with Crippen molar-refractivity contribution >= 4 is 28.4 Å². The van der Waals surface area contributed by atoms with Crippen LogP contribution in [0.2, 0.25) is 0 Å². The van der Waals surface area contributed by atoms with Gasteiger partial charge in [0, 0.05) is 31.5 Å². The maximum absolute atomic E-state index is 11.9. The monoisotopic (exact) mass is 305 g/mol. The standard InChI is InChI=1S/C12H15N7OS/c20-11(17-12-18-15-8-21-12)16-9-3-1-6-19(7-9)10-13-4-2-5-14-10/h2,4-5,8-9H,1,3,6-7H2,(H2,16,17,18,20). The Morgan fingerprint density at radius 1 is 1.38 bits per heavy atom. The van der Waals surface area contributed by atoms with E-state index in [2.05, 4.69) is 35.7 Å². The first kappa shape index (κ1) is 13.7. The molecule has 8 nitrogen and oxygen atoms in total. The molecule has 3 heterocycles.